The molecule has 0 saturated carbocycles. The molecule has 0 aromatic heterocycles. The summed E-state index contributed by atoms with van der Waals surface area (Å²) in [6.07, 6.45) is 0.816. The third-order valence-electron chi connectivity index (χ3n) is 5.35. The predicted octanol–water partition coefficient (Wildman–Crippen LogP) is 1.66. The first kappa shape index (κ1) is 22.3. The van der Waals surface area contributed by atoms with Gasteiger partial charge in [-0.3, -0.25) is 9.59 Å². The molecule has 2 atom stereocenters. The van der Waals surface area contributed by atoms with Crippen molar-refractivity contribution in [2.45, 2.75) is 39.7 Å². The number of aryl methyl sites for hydroxylation is 1. The van der Waals surface area contributed by atoms with E-state index in [-0.39, 0.29) is 43.4 Å². The minimum absolute atomic E-state index is 0.0466. The fraction of sp³-hybridized carbons (Fsp3) is 0.455. The molecule has 0 unspecified atom stereocenters. The largest absolute Gasteiger partial charge is 0.463 e. The van der Waals surface area contributed by atoms with Crippen LogP contribution in [0.5, 0.6) is 0 Å². The molecule has 31 heavy (non-hydrogen) atoms. The molecular formula is C22H27N3O6. The summed E-state index contributed by atoms with van der Waals surface area (Å²) in [7, 11) is 0. The molecule has 1 saturated heterocycles. The summed E-state index contributed by atoms with van der Waals surface area (Å²) >= 11 is 0. The monoisotopic (exact) mass is 429 g/mol. The van der Waals surface area contributed by atoms with Crippen LogP contribution in [0.4, 0.5) is 10.5 Å². The van der Waals surface area contributed by atoms with Gasteiger partial charge in [0.25, 0.3) is 0 Å². The van der Waals surface area contributed by atoms with E-state index in [1.54, 1.807) is 18.7 Å². The lowest BCUT2D eigenvalue weighted by molar-refractivity contribution is -0.147. The van der Waals surface area contributed by atoms with Gasteiger partial charge in [0.15, 0.2) is 0 Å². The Kier molecular flexibility index (Phi) is 6.94. The first-order valence-corrected chi connectivity index (χ1v) is 10.4. The van der Waals surface area contributed by atoms with Crippen LogP contribution in [0, 0.1) is 5.92 Å². The molecule has 1 aromatic rings. The molecular weight excluding hydrogens is 402 g/mol. The number of para-hydroxylation sites is 1. The molecule has 0 radical (unpaired) electrons. The van der Waals surface area contributed by atoms with Crippen molar-refractivity contribution in [3.8, 4) is 0 Å². The number of nitrogens with one attached hydrogen (secondary N) is 2. The number of urea groups is 1. The Labute approximate surface area is 180 Å². The maximum Gasteiger partial charge on any atom is 0.338 e. The highest BCUT2D eigenvalue weighted by atomic mass is 16.5. The zero-order chi connectivity index (χ0) is 22.5. The lowest BCUT2D eigenvalue weighted by Gasteiger charge is -2.26. The van der Waals surface area contributed by atoms with Crippen molar-refractivity contribution in [2.75, 3.05) is 24.7 Å². The maximum absolute atomic E-state index is 12.7. The highest BCUT2D eigenvalue weighted by Crippen LogP contribution is 2.29. The topological polar surface area (TPSA) is 114 Å². The summed E-state index contributed by atoms with van der Waals surface area (Å²) in [5.74, 6) is -1.91. The van der Waals surface area contributed by atoms with E-state index in [4.69, 9.17) is 9.47 Å². The van der Waals surface area contributed by atoms with Crippen LogP contribution in [0.25, 0.3) is 0 Å². The molecule has 3 amide bonds. The Bertz CT molecular complexity index is 926. The highest BCUT2D eigenvalue weighted by Gasteiger charge is 2.37. The lowest BCUT2D eigenvalue weighted by Crippen LogP contribution is -2.50. The second kappa shape index (κ2) is 9.63. The first-order valence-electron chi connectivity index (χ1n) is 10.4. The van der Waals surface area contributed by atoms with Gasteiger partial charge >= 0.3 is 18.0 Å². The van der Waals surface area contributed by atoms with Crippen molar-refractivity contribution in [3.63, 3.8) is 0 Å². The normalized spacial score (nSPS) is 20.9. The molecule has 3 rings (SSSR count). The predicted molar refractivity (Wildman–Crippen MR) is 112 cm³/mol. The minimum Gasteiger partial charge on any atom is -0.463 e. The van der Waals surface area contributed by atoms with Crippen molar-refractivity contribution in [1.82, 2.24) is 10.6 Å². The number of anilines is 1. The van der Waals surface area contributed by atoms with Gasteiger partial charge in [-0.05, 0) is 31.9 Å². The van der Waals surface area contributed by atoms with Gasteiger partial charge in [0.1, 0.15) is 6.61 Å². The van der Waals surface area contributed by atoms with E-state index >= 15 is 0 Å². The molecule has 2 heterocycles. The molecule has 1 aromatic carbocycles. The fourth-order valence-corrected chi connectivity index (χ4v) is 3.83. The van der Waals surface area contributed by atoms with Crippen LogP contribution in [0.2, 0.25) is 0 Å². The maximum atomic E-state index is 12.7. The SMILES string of the molecule is CCOC(=O)C1=C(COC(=O)[C@@H]2CC(=O)N(c3ccccc3CC)C2)NC(=O)N[C@H]1C. The molecule has 166 valence electrons. The number of hydrogen-bond acceptors (Lipinski definition) is 6. The summed E-state index contributed by atoms with van der Waals surface area (Å²) in [5.41, 5.74) is 2.22. The van der Waals surface area contributed by atoms with Crippen LogP contribution in [0.3, 0.4) is 0 Å². The number of carbonyl (C=O) groups excluding carboxylic acids is 4. The van der Waals surface area contributed by atoms with Crippen LogP contribution >= 0.6 is 0 Å². The van der Waals surface area contributed by atoms with Crippen molar-refractivity contribution < 1.29 is 28.7 Å². The molecule has 9 heteroatoms. The minimum atomic E-state index is -0.626. The fourth-order valence-electron chi connectivity index (χ4n) is 3.83. The Morgan fingerprint density at radius 3 is 2.61 bits per heavy atom. The Morgan fingerprint density at radius 2 is 1.90 bits per heavy atom. The number of rotatable bonds is 7. The molecule has 2 aliphatic heterocycles. The molecule has 2 N–H and O–H groups in total. The van der Waals surface area contributed by atoms with Gasteiger partial charge in [0, 0.05) is 18.7 Å². The van der Waals surface area contributed by atoms with Gasteiger partial charge in [0.05, 0.1) is 29.8 Å². The molecule has 0 aliphatic carbocycles. The summed E-state index contributed by atoms with van der Waals surface area (Å²) in [5, 5.41) is 5.10. The third-order valence-corrected chi connectivity index (χ3v) is 5.35. The van der Waals surface area contributed by atoms with Gasteiger partial charge in [-0.15, -0.1) is 0 Å². The third kappa shape index (κ3) is 4.87. The summed E-state index contributed by atoms with van der Waals surface area (Å²) in [6, 6.07) is 6.52. The van der Waals surface area contributed by atoms with Crippen molar-refractivity contribution in [2.24, 2.45) is 5.92 Å². The van der Waals surface area contributed by atoms with Crippen LogP contribution in [-0.2, 0) is 30.3 Å². The van der Waals surface area contributed by atoms with E-state index < -0.39 is 29.9 Å². The number of esters is 2. The van der Waals surface area contributed by atoms with Gasteiger partial charge in [-0.25, -0.2) is 9.59 Å². The van der Waals surface area contributed by atoms with Crippen LogP contribution in [0.1, 0.15) is 32.8 Å². The highest BCUT2D eigenvalue weighted by molar-refractivity contribution is 6.00. The van der Waals surface area contributed by atoms with Crippen molar-refractivity contribution >= 4 is 29.6 Å². The lowest BCUT2D eigenvalue weighted by atomic mass is 10.0. The quantitative estimate of drug-likeness (QED) is 0.638. The average molecular weight is 429 g/mol. The van der Waals surface area contributed by atoms with Crippen molar-refractivity contribution in [3.05, 3.63) is 41.1 Å². The van der Waals surface area contributed by atoms with E-state index in [1.165, 1.54) is 0 Å². The number of hydrogen-bond donors (Lipinski definition) is 2. The number of benzene rings is 1. The van der Waals surface area contributed by atoms with Gasteiger partial charge in [-0.2, -0.15) is 0 Å². The van der Waals surface area contributed by atoms with E-state index in [9.17, 15) is 19.2 Å². The van der Waals surface area contributed by atoms with Gasteiger partial charge in [-0.1, -0.05) is 25.1 Å². The average Bonchev–Trinajstić information content (AvgIpc) is 3.13. The molecule has 2 aliphatic rings. The smallest absolute Gasteiger partial charge is 0.338 e. The van der Waals surface area contributed by atoms with Gasteiger partial charge in [0.2, 0.25) is 5.91 Å². The summed E-state index contributed by atoms with van der Waals surface area (Å²) < 4.78 is 10.4. The van der Waals surface area contributed by atoms with E-state index in [0.29, 0.717) is 0 Å². The number of amides is 3. The first-order chi connectivity index (χ1) is 14.8. The van der Waals surface area contributed by atoms with E-state index in [1.807, 2.05) is 31.2 Å². The van der Waals surface area contributed by atoms with Crippen LogP contribution in [0.15, 0.2) is 35.5 Å². The molecule has 0 bridgehead atoms. The molecule has 0 spiro atoms. The standard InChI is InChI=1S/C22H27N3O6/c1-4-14-8-6-7-9-17(14)25-11-15(10-18(25)26)20(27)31-12-16-19(21(28)30-5-2)13(3)23-22(29)24-16/h6-9,13,15H,4-5,10-12H2,1-3H3,(H2,23,24,29)/t13-,15+/m0/s1. The molecule has 1 fully saturated rings. The van der Waals surface area contributed by atoms with Gasteiger partial charge < -0.3 is 25.0 Å². The number of carbonyl (C=O) groups is 4. The second-order valence-corrected chi connectivity index (χ2v) is 7.43. The zero-order valence-corrected chi connectivity index (χ0v) is 17.9. The second-order valence-electron chi connectivity index (χ2n) is 7.43. The number of nitrogens with zero attached hydrogens (tertiary/aromatic N) is 1. The zero-order valence-electron chi connectivity index (χ0n) is 17.9. The Balaban J connectivity index is 1.70. The Hall–Kier alpha value is -3.36. The molecule has 9 nitrogen and oxygen atoms in total. The van der Waals surface area contributed by atoms with E-state index in [2.05, 4.69) is 10.6 Å². The summed E-state index contributed by atoms with van der Waals surface area (Å²) in [4.78, 5) is 50.9. The Morgan fingerprint density at radius 1 is 1.16 bits per heavy atom. The van der Waals surface area contributed by atoms with Crippen LogP contribution in [-0.4, -0.2) is 49.7 Å². The van der Waals surface area contributed by atoms with Crippen LogP contribution < -0.4 is 15.5 Å². The number of ether oxygens (including phenoxy) is 2. The van der Waals surface area contributed by atoms with E-state index in [0.717, 1.165) is 17.7 Å². The summed E-state index contributed by atoms with van der Waals surface area (Å²) in [6.45, 7) is 5.44. The van der Waals surface area contributed by atoms with Crippen molar-refractivity contribution in [1.29, 1.82) is 0 Å².